The Morgan fingerprint density at radius 2 is 2.00 bits per heavy atom. The van der Waals surface area contributed by atoms with Gasteiger partial charge in [0, 0.05) is 13.7 Å². The summed E-state index contributed by atoms with van der Waals surface area (Å²) in [6, 6.07) is 11.4. The Bertz CT molecular complexity index is 748. The van der Waals surface area contributed by atoms with Crippen molar-refractivity contribution in [1.82, 2.24) is 15.1 Å². The summed E-state index contributed by atoms with van der Waals surface area (Å²) in [5.41, 5.74) is 1.72. The van der Waals surface area contributed by atoms with E-state index >= 15 is 0 Å². The minimum Gasteiger partial charge on any atom is -0.490 e. The quantitative estimate of drug-likeness (QED) is 0.835. The Labute approximate surface area is 147 Å². The number of aryl methyl sites for hydroxylation is 2. The maximum atomic E-state index is 12.6. The minimum atomic E-state index is -0.504. The third-order valence-corrected chi connectivity index (χ3v) is 4.64. The number of likely N-dealkylation sites (tertiary alicyclic amines) is 1. The summed E-state index contributed by atoms with van der Waals surface area (Å²) in [5.74, 6) is 0.718. The highest BCUT2D eigenvalue weighted by Gasteiger charge is 2.41. The van der Waals surface area contributed by atoms with Gasteiger partial charge in [-0.15, -0.1) is 5.10 Å². The number of rotatable bonds is 5. The summed E-state index contributed by atoms with van der Waals surface area (Å²) in [6.07, 6.45) is 0.723. The fourth-order valence-corrected chi connectivity index (χ4v) is 2.96. The number of nitrogens with zero attached hydrogens (tertiary/aromatic N) is 3. The molecule has 1 amide bonds. The van der Waals surface area contributed by atoms with Gasteiger partial charge < -0.3 is 14.4 Å². The van der Waals surface area contributed by atoms with Gasteiger partial charge in [-0.2, -0.15) is 5.10 Å². The van der Waals surface area contributed by atoms with Gasteiger partial charge in [-0.25, -0.2) is 0 Å². The van der Waals surface area contributed by atoms with E-state index < -0.39 is 5.60 Å². The number of carbonyl (C=O) groups is 1. The largest absolute Gasteiger partial charge is 0.490 e. The molecular weight excluding hydrogens is 318 g/mol. The van der Waals surface area contributed by atoms with Crippen molar-refractivity contribution >= 4 is 5.91 Å². The second-order valence-corrected chi connectivity index (χ2v) is 6.48. The Hall–Kier alpha value is -2.47. The van der Waals surface area contributed by atoms with Crippen LogP contribution < -0.4 is 4.74 Å². The molecule has 1 unspecified atom stereocenters. The molecule has 1 atom stereocenters. The predicted molar refractivity (Wildman–Crippen MR) is 93.7 cm³/mol. The normalized spacial score (nSPS) is 19.9. The van der Waals surface area contributed by atoms with Gasteiger partial charge in [0.1, 0.15) is 18.0 Å². The van der Waals surface area contributed by atoms with Crippen molar-refractivity contribution < 1.29 is 14.3 Å². The molecule has 1 saturated heterocycles. The Kier molecular flexibility index (Phi) is 4.99. The first kappa shape index (κ1) is 17.4. The number of amides is 1. The molecule has 1 aromatic carbocycles. The number of aromatic nitrogens is 2. The van der Waals surface area contributed by atoms with Crippen LogP contribution in [0.25, 0.3) is 0 Å². The number of hydrogen-bond donors (Lipinski definition) is 0. The van der Waals surface area contributed by atoms with Crippen LogP contribution in [-0.2, 0) is 4.74 Å². The summed E-state index contributed by atoms with van der Waals surface area (Å²) in [6.45, 7) is 5.34. The Morgan fingerprint density at radius 1 is 1.20 bits per heavy atom. The van der Waals surface area contributed by atoms with Gasteiger partial charge in [0.05, 0.1) is 12.2 Å². The lowest BCUT2D eigenvalue weighted by molar-refractivity contribution is -0.0344. The van der Waals surface area contributed by atoms with Crippen LogP contribution in [-0.4, -0.2) is 53.4 Å². The van der Waals surface area contributed by atoms with E-state index in [1.807, 2.05) is 38.1 Å². The number of carbonyl (C=O) groups excluding carboxylic acids is 1. The number of ether oxygens (including phenoxy) is 2. The summed E-state index contributed by atoms with van der Waals surface area (Å²) in [5, 5.41) is 7.95. The third-order valence-electron chi connectivity index (χ3n) is 4.64. The predicted octanol–water partition coefficient (Wildman–Crippen LogP) is 2.40. The lowest BCUT2D eigenvalue weighted by Crippen LogP contribution is -2.42. The number of hydrogen-bond acceptors (Lipinski definition) is 5. The molecular formula is C19H23N3O3. The summed E-state index contributed by atoms with van der Waals surface area (Å²) in [4.78, 5) is 14.4. The molecule has 1 aromatic heterocycles. The summed E-state index contributed by atoms with van der Waals surface area (Å²) >= 11 is 0. The van der Waals surface area contributed by atoms with Gasteiger partial charge in [-0.1, -0.05) is 18.2 Å². The van der Waals surface area contributed by atoms with Crippen LogP contribution in [0.1, 0.15) is 28.2 Å². The van der Waals surface area contributed by atoms with E-state index in [9.17, 15) is 4.79 Å². The molecule has 0 aliphatic carbocycles. The maximum absolute atomic E-state index is 12.6. The van der Waals surface area contributed by atoms with Gasteiger partial charge >= 0.3 is 0 Å². The second kappa shape index (κ2) is 7.19. The average molecular weight is 341 g/mol. The van der Waals surface area contributed by atoms with Gasteiger partial charge in [0.2, 0.25) is 0 Å². The molecule has 0 radical (unpaired) electrons. The monoisotopic (exact) mass is 341 g/mol. The highest BCUT2D eigenvalue weighted by Crippen LogP contribution is 2.28. The Morgan fingerprint density at radius 3 is 2.68 bits per heavy atom. The van der Waals surface area contributed by atoms with Crippen molar-refractivity contribution in [2.24, 2.45) is 0 Å². The molecule has 0 bridgehead atoms. The molecule has 1 aliphatic rings. The fourth-order valence-electron chi connectivity index (χ4n) is 2.96. The zero-order valence-corrected chi connectivity index (χ0v) is 14.9. The first-order valence-electron chi connectivity index (χ1n) is 8.36. The number of methoxy groups -OCH3 is 1. The lowest BCUT2D eigenvalue weighted by Gasteiger charge is -2.28. The first-order chi connectivity index (χ1) is 12.0. The van der Waals surface area contributed by atoms with Crippen molar-refractivity contribution in [1.29, 1.82) is 0 Å². The minimum absolute atomic E-state index is 0.123. The second-order valence-electron chi connectivity index (χ2n) is 6.48. The van der Waals surface area contributed by atoms with Crippen molar-refractivity contribution in [2.45, 2.75) is 25.9 Å². The average Bonchev–Trinajstić information content (AvgIpc) is 3.06. The van der Waals surface area contributed by atoms with Crippen molar-refractivity contribution in [3.8, 4) is 5.75 Å². The third kappa shape index (κ3) is 3.79. The molecule has 1 aliphatic heterocycles. The van der Waals surface area contributed by atoms with E-state index in [2.05, 4.69) is 10.2 Å². The Balaban J connectivity index is 1.67. The van der Waals surface area contributed by atoms with Crippen LogP contribution in [0.15, 0.2) is 36.4 Å². The van der Waals surface area contributed by atoms with Crippen molar-refractivity contribution in [3.05, 3.63) is 53.3 Å². The van der Waals surface area contributed by atoms with Gasteiger partial charge in [0.15, 0.2) is 5.69 Å². The van der Waals surface area contributed by atoms with Crippen LogP contribution in [0.4, 0.5) is 0 Å². The molecule has 132 valence electrons. The van der Waals surface area contributed by atoms with E-state index in [0.717, 1.165) is 23.4 Å². The van der Waals surface area contributed by atoms with Gasteiger partial charge in [-0.3, -0.25) is 4.79 Å². The topological polar surface area (TPSA) is 64.6 Å². The van der Waals surface area contributed by atoms with Crippen LogP contribution in [0.2, 0.25) is 0 Å². The molecule has 0 spiro atoms. The van der Waals surface area contributed by atoms with Crippen molar-refractivity contribution in [2.75, 3.05) is 26.8 Å². The summed E-state index contributed by atoms with van der Waals surface area (Å²) in [7, 11) is 1.67. The highest BCUT2D eigenvalue weighted by atomic mass is 16.5. The van der Waals surface area contributed by atoms with E-state index in [1.54, 1.807) is 24.1 Å². The zero-order valence-electron chi connectivity index (χ0n) is 14.9. The molecule has 25 heavy (non-hydrogen) atoms. The van der Waals surface area contributed by atoms with Crippen LogP contribution in [0, 0.1) is 13.8 Å². The molecule has 0 N–H and O–H groups in total. The van der Waals surface area contributed by atoms with Gasteiger partial charge in [-0.05, 0) is 44.0 Å². The SMILES string of the molecule is COC1(COc2ccccc2C)CCN(C(=O)c2ccc(C)nn2)C1. The summed E-state index contributed by atoms with van der Waals surface area (Å²) < 4.78 is 11.7. The van der Waals surface area contributed by atoms with Crippen LogP contribution in [0.5, 0.6) is 5.75 Å². The van der Waals surface area contributed by atoms with Crippen LogP contribution in [0.3, 0.4) is 0 Å². The van der Waals surface area contributed by atoms with Gasteiger partial charge in [0.25, 0.3) is 5.91 Å². The molecule has 1 fully saturated rings. The number of benzene rings is 1. The molecule has 2 aromatic rings. The fraction of sp³-hybridized carbons (Fsp3) is 0.421. The smallest absolute Gasteiger partial charge is 0.274 e. The molecule has 6 nitrogen and oxygen atoms in total. The standard InChI is InChI=1S/C19H23N3O3/c1-14-6-4-5-7-17(14)25-13-19(24-3)10-11-22(12-19)18(23)16-9-8-15(2)20-21-16/h4-9H,10-13H2,1-3H3. The number of para-hydroxylation sites is 1. The first-order valence-corrected chi connectivity index (χ1v) is 8.36. The van der Waals surface area contributed by atoms with Crippen molar-refractivity contribution in [3.63, 3.8) is 0 Å². The molecule has 3 rings (SSSR count). The molecule has 6 heteroatoms. The zero-order chi connectivity index (χ0) is 17.9. The highest BCUT2D eigenvalue weighted by molar-refractivity contribution is 5.92. The molecule has 0 saturated carbocycles. The lowest BCUT2D eigenvalue weighted by atomic mass is 10.0. The van der Waals surface area contributed by atoms with Crippen LogP contribution >= 0.6 is 0 Å². The molecule has 2 heterocycles. The van der Waals surface area contributed by atoms with E-state index in [1.165, 1.54) is 0 Å². The maximum Gasteiger partial charge on any atom is 0.274 e. The van der Waals surface area contributed by atoms with E-state index in [4.69, 9.17) is 9.47 Å². The van der Waals surface area contributed by atoms with E-state index in [0.29, 0.717) is 25.4 Å². The van der Waals surface area contributed by atoms with E-state index in [-0.39, 0.29) is 5.91 Å².